The molecule has 2 N–H and O–H groups in total. The van der Waals surface area contributed by atoms with E-state index in [0.717, 1.165) is 62.2 Å². The van der Waals surface area contributed by atoms with Gasteiger partial charge >= 0.3 is 0 Å². The lowest BCUT2D eigenvalue weighted by atomic mass is 9.71. The monoisotopic (exact) mass is 396 g/mol. The van der Waals surface area contributed by atoms with Gasteiger partial charge in [-0.2, -0.15) is 5.10 Å². The summed E-state index contributed by atoms with van der Waals surface area (Å²) < 4.78 is 35.9. The number of rotatable bonds is 5. The Hall–Kier alpha value is -1.05. The maximum absolute atomic E-state index is 14.1. The molecule has 0 amide bonds. The van der Waals surface area contributed by atoms with Crippen molar-refractivity contribution >= 4 is 0 Å². The Bertz CT molecular complexity index is 722. The van der Waals surface area contributed by atoms with Crippen molar-refractivity contribution in [3.63, 3.8) is 0 Å². The molecule has 1 spiro atoms. The number of nitrogens with zero attached hydrogens (tertiary/aromatic N) is 3. The van der Waals surface area contributed by atoms with Gasteiger partial charge in [0.1, 0.15) is 6.54 Å². The zero-order valence-corrected chi connectivity index (χ0v) is 17.4. The minimum Gasteiger partial charge on any atom is -0.374 e. The third kappa shape index (κ3) is 3.85. The van der Waals surface area contributed by atoms with Crippen molar-refractivity contribution < 1.29 is 13.5 Å². The first-order valence-corrected chi connectivity index (χ1v) is 10.6. The molecule has 2 aliphatic heterocycles. The van der Waals surface area contributed by atoms with Gasteiger partial charge in [-0.05, 0) is 50.5 Å². The lowest BCUT2D eigenvalue weighted by Gasteiger charge is -2.37. The molecular formula is C21H34F2N4O. The van der Waals surface area contributed by atoms with Gasteiger partial charge in [-0.1, -0.05) is 13.8 Å². The molecular weight excluding hydrogens is 362 g/mol. The standard InChI is InChI=1S/C21H34F2N4O/c1-19(2)12-20(28-14-19)6-4-15(5-7-20)18-16(11-26(3)9-8-24)25-27-13-21(22,23)10-17(18)27/h15H,4-14,24H2,1-3H3. The van der Waals surface area contributed by atoms with Crippen LogP contribution in [0.3, 0.4) is 0 Å². The second-order valence-corrected chi connectivity index (χ2v) is 10.1. The van der Waals surface area contributed by atoms with Gasteiger partial charge < -0.3 is 10.5 Å². The first kappa shape index (κ1) is 20.2. The van der Waals surface area contributed by atoms with Crippen molar-refractivity contribution in [3.05, 3.63) is 17.0 Å². The number of hydrogen-bond acceptors (Lipinski definition) is 4. The van der Waals surface area contributed by atoms with E-state index in [0.29, 0.717) is 19.0 Å². The SMILES string of the molecule is CN(CCN)Cc1nn2c(c1C1CCC3(CC1)CC(C)(C)CO3)CC(F)(F)C2. The maximum atomic E-state index is 14.1. The van der Waals surface area contributed by atoms with Crippen molar-refractivity contribution in [2.45, 2.75) is 82.9 Å². The van der Waals surface area contributed by atoms with Gasteiger partial charge in [0.15, 0.2) is 0 Å². The summed E-state index contributed by atoms with van der Waals surface area (Å²) in [6, 6.07) is 0. The lowest BCUT2D eigenvalue weighted by Crippen LogP contribution is -2.34. The minimum absolute atomic E-state index is 0.00320. The highest BCUT2D eigenvalue weighted by atomic mass is 19.3. The molecule has 3 heterocycles. The van der Waals surface area contributed by atoms with Crippen LogP contribution < -0.4 is 5.73 Å². The number of nitrogens with two attached hydrogens (primary N) is 1. The van der Waals surface area contributed by atoms with Crippen LogP contribution in [0.2, 0.25) is 0 Å². The molecule has 28 heavy (non-hydrogen) atoms. The summed E-state index contributed by atoms with van der Waals surface area (Å²) in [4.78, 5) is 2.13. The summed E-state index contributed by atoms with van der Waals surface area (Å²) in [5.74, 6) is -2.37. The van der Waals surface area contributed by atoms with Crippen LogP contribution >= 0.6 is 0 Å². The molecule has 0 atom stereocenters. The molecule has 1 aliphatic carbocycles. The highest BCUT2D eigenvalue weighted by Gasteiger charge is 2.48. The first-order valence-electron chi connectivity index (χ1n) is 10.6. The molecule has 3 aliphatic rings. The smallest absolute Gasteiger partial charge is 0.272 e. The first-order chi connectivity index (χ1) is 13.1. The van der Waals surface area contributed by atoms with Gasteiger partial charge in [0.25, 0.3) is 5.92 Å². The van der Waals surface area contributed by atoms with Gasteiger partial charge in [0.2, 0.25) is 0 Å². The van der Waals surface area contributed by atoms with Gasteiger partial charge in [-0.3, -0.25) is 9.58 Å². The average Bonchev–Trinajstić information content (AvgIpc) is 3.16. The zero-order chi connectivity index (χ0) is 20.2. The van der Waals surface area contributed by atoms with Crippen LogP contribution in [0.25, 0.3) is 0 Å². The van der Waals surface area contributed by atoms with Crippen LogP contribution in [0.5, 0.6) is 0 Å². The molecule has 5 nitrogen and oxygen atoms in total. The molecule has 0 unspecified atom stereocenters. The fourth-order valence-corrected chi connectivity index (χ4v) is 5.62. The number of ether oxygens (including phenoxy) is 1. The van der Waals surface area contributed by atoms with E-state index in [2.05, 4.69) is 23.8 Å². The predicted molar refractivity (Wildman–Crippen MR) is 105 cm³/mol. The molecule has 7 heteroatoms. The molecule has 0 radical (unpaired) electrons. The number of likely N-dealkylation sites (N-methyl/N-ethyl adjacent to an activating group) is 1. The van der Waals surface area contributed by atoms with Crippen LogP contribution in [0.1, 0.15) is 68.8 Å². The van der Waals surface area contributed by atoms with E-state index in [1.807, 2.05) is 7.05 Å². The van der Waals surface area contributed by atoms with Crippen molar-refractivity contribution in [2.75, 3.05) is 26.7 Å². The number of halogens is 2. The second kappa shape index (κ2) is 7.03. The van der Waals surface area contributed by atoms with Crippen LogP contribution in [0.15, 0.2) is 0 Å². The quantitative estimate of drug-likeness (QED) is 0.830. The fourth-order valence-electron chi connectivity index (χ4n) is 5.62. The van der Waals surface area contributed by atoms with E-state index < -0.39 is 5.92 Å². The maximum Gasteiger partial charge on any atom is 0.272 e. The molecule has 1 saturated carbocycles. The number of fused-ring (bicyclic) bond motifs is 1. The summed E-state index contributed by atoms with van der Waals surface area (Å²) in [7, 11) is 2.01. The van der Waals surface area contributed by atoms with Crippen LogP contribution in [-0.2, 0) is 24.2 Å². The van der Waals surface area contributed by atoms with Gasteiger partial charge in [0, 0.05) is 30.9 Å². The summed E-state index contributed by atoms with van der Waals surface area (Å²) in [6.07, 6.45) is 4.94. The molecule has 4 rings (SSSR count). The molecule has 1 aromatic rings. The molecule has 1 saturated heterocycles. The van der Waals surface area contributed by atoms with Crippen molar-refractivity contribution in [3.8, 4) is 0 Å². The Kier molecular flexibility index (Phi) is 5.08. The number of aromatic nitrogens is 2. The van der Waals surface area contributed by atoms with Crippen LogP contribution in [0.4, 0.5) is 8.78 Å². The molecule has 158 valence electrons. The summed E-state index contributed by atoms with van der Waals surface area (Å²) in [5.41, 5.74) is 8.73. The van der Waals surface area contributed by atoms with E-state index in [4.69, 9.17) is 10.5 Å². The van der Waals surface area contributed by atoms with Crippen molar-refractivity contribution in [1.82, 2.24) is 14.7 Å². The molecule has 0 aromatic carbocycles. The van der Waals surface area contributed by atoms with E-state index in [1.165, 1.54) is 0 Å². The van der Waals surface area contributed by atoms with Crippen molar-refractivity contribution in [1.29, 1.82) is 0 Å². The van der Waals surface area contributed by atoms with E-state index in [1.54, 1.807) is 4.68 Å². The van der Waals surface area contributed by atoms with Gasteiger partial charge in [-0.15, -0.1) is 0 Å². The van der Waals surface area contributed by atoms with Gasteiger partial charge in [0.05, 0.1) is 24.3 Å². The molecule has 2 fully saturated rings. The Balaban J connectivity index is 1.55. The Labute approximate surface area is 166 Å². The zero-order valence-electron chi connectivity index (χ0n) is 17.4. The Morgan fingerprint density at radius 3 is 2.61 bits per heavy atom. The Morgan fingerprint density at radius 2 is 2.00 bits per heavy atom. The molecule has 1 aromatic heterocycles. The number of alkyl halides is 2. The highest BCUT2D eigenvalue weighted by Crippen LogP contribution is 2.51. The third-order valence-electron chi connectivity index (χ3n) is 6.79. The minimum atomic E-state index is -2.67. The van der Waals surface area contributed by atoms with Crippen molar-refractivity contribution in [2.24, 2.45) is 11.1 Å². The number of hydrogen-bond donors (Lipinski definition) is 1. The van der Waals surface area contributed by atoms with Crippen LogP contribution in [-0.4, -0.2) is 52.9 Å². The normalized spacial score (nSPS) is 31.0. The van der Waals surface area contributed by atoms with E-state index in [-0.39, 0.29) is 24.0 Å². The predicted octanol–water partition coefficient (Wildman–Crippen LogP) is 3.31. The van der Waals surface area contributed by atoms with Crippen LogP contribution in [0, 0.1) is 5.41 Å². The summed E-state index contributed by atoms with van der Waals surface area (Å²) in [6.45, 7) is 7.10. The second-order valence-electron chi connectivity index (χ2n) is 10.1. The lowest BCUT2D eigenvalue weighted by molar-refractivity contribution is -0.0296. The summed E-state index contributed by atoms with van der Waals surface area (Å²) >= 11 is 0. The largest absolute Gasteiger partial charge is 0.374 e. The van der Waals surface area contributed by atoms with E-state index in [9.17, 15) is 8.78 Å². The fraction of sp³-hybridized carbons (Fsp3) is 0.857. The van der Waals surface area contributed by atoms with Gasteiger partial charge in [-0.25, -0.2) is 8.78 Å². The van der Waals surface area contributed by atoms with E-state index >= 15 is 0 Å². The topological polar surface area (TPSA) is 56.3 Å². The Morgan fingerprint density at radius 1 is 1.29 bits per heavy atom. The molecule has 0 bridgehead atoms. The average molecular weight is 397 g/mol. The highest BCUT2D eigenvalue weighted by molar-refractivity contribution is 5.34. The third-order valence-corrected chi connectivity index (χ3v) is 6.79. The summed E-state index contributed by atoms with van der Waals surface area (Å²) in [5, 5.41) is 4.62.